The molecule has 1 unspecified atom stereocenters. The standard InChI is InChI=1S/C21H17FN10/c1-2-16-20-29-27-12-31(20)17-11-24-21(28-19(17)32(16)15-9-25-26-10-15)30-8-7-23-18(30)13-3-5-14(22)6-4-13/h3-12,16H,2H2,1H3,(H,25,26). The molecule has 1 atom stereocenters. The first-order valence-corrected chi connectivity index (χ1v) is 10.1. The predicted octanol–water partition coefficient (Wildman–Crippen LogP) is 3.38. The summed E-state index contributed by atoms with van der Waals surface area (Å²) in [6.45, 7) is 2.09. The molecule has 1 N–H and O–H groups in total. The van der Waals surface area contributed by atoms with Gasteiger partial charge in [0, 0.05) is 24.2 Å². The Labute approximate surface area is 181 Å². The van der Waals surface area contributed by atoms with Gasteiger partial charge in [-0.15, -0.1) is 10.2 Å². The number of benzene rings is 1. The molecule has 1 aliphatic heterocycles. The molecule has 0 saturated carbocycles. The maximum Gasteiger partial charge on any atom is 0.237 e. The Morgan fingerprint density at radius 1 is 1.09 bits per heavy atom. The van der Waals surface area contributed by atoms with E-state index >= 15 is 0 Å². The van der Waals surface area contributed by atoms with Gasteiger partial charge in [-0.1, -0.05) is 6.92 Å². The molecule has 0 aliphatic carbocycles. The zero-order valence-corrected chi connectivity index (χ0v) is 17.0. The number of anilines is 2. The maximum atomic E-state index is 13.4. The lowest BCUT2D eigenvalue weighted by atomic mass is 10.1. The van der Waals surface area contributed by atoms with Crippen molar-refractivity contribution in [2.45, 2.75) is 19.4 Å². The van der Waals surface area contributed by atoms with E-state index in [9.17, 15) is 4.39 Å². The van der Waals surface area contributed by atoms with Crippen LogP contribution in [0.25, 0.3) is 23.0 Å². The summed E-state index contributed by atoms with van der Waals surface area (Å²) in [5, 5.41) is 15.4. The Hall–Kier alpha value is -4.41. The van der Waals surface area contributed by atoms with Crippen molar-refractivity contribution in [2.75, 3.05) is 4.90 Å². The van der Waals surface area contributed by atoms with Crippen LogP contribution in [0.4, 0.5) is 15.9 Å². The molecule has 0 saturated heterocycles. The molecule has 4 aromatic heterocycles. The lowest BCUT2D eigenvalue weighted by Crippen LogP contribution is -2.32. The van der Waals surface area contributed by atoms with Crippen molar-refractivity contribution in [3.8, 4) is 23.0 Å². The van der Waals surface area contributed by atoms with Crippen molar-refractivity contribution in [3.05, 3.63) is 73.2 Å². The quantitative estimate of drug-likeness (QED) is 0.468. The lowest BCUT2D eigenvalue weighted by molar-refractivity contribution is 0.588. The largest absolute Gasteiger partial charge is 0.311 e. The number of hydrogen-bond donors (Lipinski definition) is 1. The molecule has 1 aliphatic rings. The summed E-state index contributed by atoms with van der Waals surface area (Å²) >= 11 is 0. The first-order valence-electron chi connectivity index (χ1n) is 10.1. The zero-order chi connectivity index (χ0) is 21.7. The van der Waals surface area contributed by atoms with E-state index in [1.807, 2.05) is 10.8 Å². The molecule has 0 radical (unpaired) electrons. The average molecular weight is 428 g/mol. The molecular weight excluding hydrogens is 411 g/mol. The lowest BCUT2D eigenvalue weighted by Gasteiger charge is -2.35. The van der Waals surface area contributed by atoms with E-state index in [-0.39, 0.29) is 11.9 Å². The minimum atomic E-state index is -0.303. The molecule has 10 nitrogen and oxygen atoms in total. The first-order chi connectivity index (χ1) is 15.7. The van der Waals surface area contributed by atoms with E-state index in [2.05, 4.69) is 42.2 Å². The van der Waals surface area contributed by atoms with Crippen LogP contribution < -0.4 is 4.90 Å². The summed E-state index contributed by atoms with van der Waals surface area (Å²) in [6.07, 6.45) is 11.2. The third-order valence-electron chi connectivity index (χ3n) is 5.52. The molecule has 0 bridgehead atoms. The number of nitrogens with one attached hydrogen (secondary N) is 1. The summed E-state index contributed by atoms with van der Waals surface area (Å²) in [4.78, 5) is 16.0. The highest BCUT2D eigenvalue weighted by Crippen LogP contribution is 2.42. The Morgan fingerprint density at radius 2 is 1.97 bits per heavy atom. The second-order valence-electron chi connectivity index (χ2n) is 7.32. The van der Waals surface area contributed by atoms with E-state index in [4.69, 9.17) is 4.98 Å². The fraction of sp³-hybridized carbons (Fsp3) is 0.143. The van der Waals surface area contributed by atoms with E-state index in [1.165, 1.54) is 12.1 Å². The van der Waals surface area contributed by atoms with E-state index in [1.54, 1.807) is 47.8 Å². The number of imidazole rings is 1. The topological polar surface area (TPSA) is 106 Å². The normalized spacial score (nSPS) is 14.9. The minimum Gasteiger partial charge on any atom is -0.311 e. The van der Waals surface area contributed by atoms with Crippen LogP contribution in [0.2, 0.25) is 0 Å². The molecule has 32 heavy (non-hydrogen) atoms. The van der Waals surface area contributed by atoms with Gasteiger partial charge >= 0.3 is 0 Å². The van der Waals surface area contributed by atoms with Crippen molar-refractivity contribution >= 4 is 11.5 Å². The van der Waals surface area contributed by atoms with Crippen LogP contribution >= 0.6 is 0 Å². The highest BCUT2D eigenvalue weighted by molar-refractivity contribution is 5.71. The van der Waals surface area contributed by atoms with E-state index in [0.29, 0.717) is 17.6 Å². The van der Waals surface area contributed by atoms with Gasteiger partial charge in [-0.05, 0) is 30.7 Å². The van der Waals surface area contributed by atoms with Crippen LogP contribution in [0.1, 0.15) is 25.2 Å². The number of halogens is 1. The molecule has 0 spiro atoms. The van der Waals surface area contributed by atoms with Gasteiger partial charge in [0.15, 0.2) is 11.6 Å². The molecule has 6 rings (SSSR count). The summed E-state index contributed by atoms with van der Waals surface area (Å²) in [5.74, 6) is 2.28. The second kappa shape index (κ2) is 7.08. The maximum absolute atomic E-state index is 13.4. The van der Waals surface area contributed by atoms with Crippen LogP contribution in [0.3, 0.4) is 0 Å². The summed E-state index contributed by atoms with van der Waals surface area (Å²) in [5.41, 5.74) is 2.39. The van der Waals surface area contributed by atoms with Crippen LogP contribution in [0.5, 0.6) is 0 Å². The van der Waals surface area contributed by atoms with E-state index < -0.39 is 0 Å². The fourth-order valence-corrected chi connectivity index (χ4v) is 4.06. The van der Waals surface area contributed by atoms with Crippen molar-refractivity contribution in [2.24, 2.45) is 0 Å². The van der Waals surface area contributed by atoms with Gasteiger partial charge in [-0.25, -0.2) is 14.4 Å². The SMILES string of the molecule is CCC1c2nncn2-c2cnc(-n3ccnc3-c3ccc(F)cc3)nc2N1c1cn[nH]c1. The van der Waals surface area contributed by atoms with Gasteiger partial charge in [0.05, 0.1) is 24.1 Å². The second-order valence-corrected chi connectivity index (χ2v) is 7.32. The van der Waals surface area contributed by atoms with Crippen molar-refractivity contribution in [3.63, 3.8) is 0 Å². The molecule has 0 amide bonds. The van der Waals surface area contributed by atoms with Gasteiger partial charge in [0.1, 0.15) is 23.7 Å². The highest BCUT2D eigenvalue weighted by Gasteiger charge is 2.35. The van der Waals surface area contributed by atoms with Crippen LogP contribution in [0.15, 0.2) is 61.6 Å². The molecule has 1 aromatic carbocycles. The van der Waals surface area contributed by atoms with Crippen molar-refractivity contribution < 1.29 is 4.39 Å². The highest BCUT2D eigenvalue weighted by atomic mass is 19.1. The average Bonchev–Trinajstić information content (AvgIpc) is 3.60. The monoisotopic (exact) mass is 428 g/mol. The Bertz CT molecular complexity index is 1390. The smallest absolute Gasteiger partial charge is 0.237 e. The van der Waals surface area contributed by atoms with Crippen molar-refractivity contribution in [1.82, 2.24) is 44.5 Å². The third kappa shape index (κ3) is 2.71. The zero-order valence-electron chi connectivity index (χ0n) is 17.0. The van der Waals surface area contributed by atoms with Gasteiger partial charge in [-0.3, -0.25) is 14.2 Å². The molecule has 0 fully saturated rings. The first kappa shape index (κ1) is 18.4. The molecule has 11 heteroatoms. The molecule has 5 aromatic rings. The number of aromatic nitrogens is 9. The predicted molar refractivity (Wildman–Crippen MR) is 113 cm³/mol. The molecule has 5 heterocycles. The van der Waals surface area contributed by atoms with Crippen LogP contribution in [-0.2, 0) is 0 Å². The van der Waals surface area contributed by atoms with Crippen LogP contribution in [-0.4, -0.2) is 44.5 Å². The van der Waals surface area contributed by atoms with Gasteiger partial charge in [0.2, 0.25) is 5.95 Å². The Balaban J connectivity index is 1.53. The molecular formula is C21H17FN10. The van der Waals surface area contributed by atoms with Crippen molar-refractivity contribution in [1.29, 1.82) is 0 Å². The van der Waals surface area contributed by atoms with Gasteiger partial charge < -0.3 is 4.90 Å². The Kier molecular flexibility index (Phi) is 4.06. The van der Waals surface area contributed by atoms with Crippen LogP contribution in [0, 0.1) is 5.82 Å². The summed E-state index contributed by atoms with van der Waals surface area (Å²) in [6, 6.07) is 6.09. The van der Waals surface area contributed by atoms with E-state index in [0.717, 1.165) is 29.2 Å². The van der Waals surface area contributed by atoms with Gasteiger partial charge in [-0.2, -0.15) is 10.1 Å². The Morgan fingerprint density at radius 3 is 2.75 bits per heavy atom. The summed E-state index contributed by atoms with van der Waals surface area (Å²) < 4.78 is 17.1. The van der Waals surface area contributed by atoms with Gasteiger partial charge in [0.25, 0.3) is 0 Å². The number of aromatic amines is 1. The number of nitrogens with zero attached hydrogens (tertiary/aromatic N) is 9. The third-order valence-corrected chi connectivity index (χ3v) is 5.52. The number of hydrogen-bond acceptors (Lipinski definition) is 7. The molecule has 158 valence electrons. The summed E-state index contributed by atoms with van der Waals surface area (Å²) in [7, 11) is 0. The number of H-pyrrole nitrogens is 1. The fourth-order valence-electron chi connectivity index (χ4n) is 4.06. The number of rotatable bonds is 4. The minimum absolute atomic E-state index is 0.0790. The number of fused-ring (bicyclic) bond motifs is 3.